The van der Waals surface area contributed by atoms with Crippen LogP contribution in [0.1, 0.15) is 58.8 Å². The Morgan fingerprint density at radius 1 is 1.29 bits per heavy atom. The second-order valence-electron chi connectivity index (χ2n) is 5.18. The summed E-state index contributed by atoms with van der Waals surface area (Å²) in [6, 6.07) is 0.533. The molecule has 0 aliphatic heterocycles. The smallest absolute Gasteiger partial charge is 0.225 e. The summed E-state index contributed by atoms with van der Waals surface area (Å²) >= 11 is 0. The lowest BCUT2D eigenvalue weighted by molar-refractivity contribution is -0.136. The van der Waals surface area contributed by atoms with Gasteiger partial charge in [-0.1, -0.05) is 26.7 Å². The summed E-state index contributed by atoms with van der Waals surface area (Å²) in [5, 5.41) is 0. The fourth-order valence-electron chi connectivity index (χ4n) is 2.44. The summed E-state index contributed by atoms with van der Waals surface area (Å²) in [6.45, 7) is 5.88. The molecule has 0 saturated heterocycles. The number of carbonyl (C=O) groups excluding carboxylic acids is 1. The topological polar surface area (TPSA) is 46.3 Å². The Labute approximate surface area is 106 Å². The quantitative estimate of drug-likeness (QED) is 0.673. The van der Waals surface area contributed by atoms with Crippen molar-refractivity contribution < 1.29 is 4.79 Å². The van der Waals surface area contributed by atoms with Crippen molar-refractivity contribution in [1.29, 1.82) is 0 Å². The fourth-order valence-corrected chi connectivity index (χ4v) is 2.44. The lowest BCUT2D eigenvalue weighted by atomic mass is 9.96. The maximum Gasteiger partial charge on any atom is 0.225 e. The maximum absolute atomic E-state index is 12.5. The van der Waals surface area contributed by atoms with Crippen LogP contribution in [0.15, 0.2) is 0 Å². The summed E-state index contributed by atoms with van der Waals surface area (Å²) in [6.07, 6.45) is 7.62. The van der Waals surface area contributed by atoms with E-state index < -0.39 is 0 Å². The first kappa shape index (κ1) is 14.5. The van der Waals surface area contributed by atoms with E-state index in [1.165, 1.54) is 12.8 Å². The third-order valence-electron chi connectivity index (χ3n) is 3.50. The number of amides is 1. The van der Waals surface area contributed by atoms with Gasteiger partial charge in [0, 0.05) is 18.5 Å². The third-order valence-corrected chi connectivity index (χ3v) is 3.50. The Morgan fingerprint density at radius 2 is 1.88 bits per heavy atom. The summed E-state index contributed by atoms with van der Waals surface area (Å²) in [5.41, 5.74) is 5.55. The zero-order valence-corrected chi connectivity index (χ0v) is 11.5. The molecular formula is C14H28N2O. The van der Waals surface area contributed by atoms with Gasteiger partial charge in [-0.15, -0.1) is 0 Å². The van der Waals surface area contributed by atoms with E-state index in [2.05, 4.69) is 18.7 Å². The highest BCUT2D eigenvalue weighted by atomic mass is 16.2. The van der Waals surface area contributed by atoms with Crippen molar-refractivity contribution in [2.45, 2.75) is 64.8 Å². The van der Waals surface area contributed by atoms with E-state index in [0.717, 1.165) is 38.6 Å². The molecule has 0 spiro atoms. The van der Waals surface area contributed by atoms with Gasteiger partial charge in [0.2, 0.25) is 5.91 Å². The van der Waals surface area contributed by atoms with E-state index in [4.69, 9.17) is 5.73 Å². The summed E-state index contributed by atoms with van der Waals surface area (Å²) in [7, 11) is 0. The molecule has 100 valence electrons. The molecule has 1 saturated carbocycles. The number of hydrogen-bond acceptors (Lipinski definition) is 2. The van der Waals surface area contributed by atoms with E-state index in [0.29, 0.717) is 18.5 Å². The van der Waals surface area contributed by atoms with Crippen molar-refractivity contribution >= 4 is 5.91 Å². The first-order valence-corrected chi connectivity index (χ1v) is 7.25. The molecule has 1 amide bonds. The van der Waals surface area contributed by atoms with Crippen LogP contribution in [0.25, 0.3) is 0 Å². The first-order chi connectivity index (χ1) is 8.24. The molecule has 0 aromatic carbocycles. The average Bonchev–Trinajstić information content (AvgIpc) is 3.13. The van der Waals surface area contributed by atoms with Crippen molar-refractivity contribution in [2.24, 2.45) is 11.7 Å². The molecule has 0 heterocycles. The van der Waals surface area contributed by atoms with Gasteiger partial charge in [-0.3, -0.25) is 4.79 Å². The number of carbonyl (C=O) groups is 1. The second-order valence-corrected chi connectivity index (χ2v) is 5.18. The van der Waals surface area contributed by atoms with Crippen LogP contribution in [-0.2, 0) is 4.79 Å². The maximum atomic E-state index is 12.5. The Hall–Kier alpha value is -0.570. The highest BCUT2D eigenvalue weighted by Gasteiger charge is 2.34. The fraction of sp³-hybridized carbons (Fsp3) is 0.929. The number of nitrogens with zero attached hydrogens (tertiary/aromatic N) is 1. The van der Waals surface area contributed by atoms with Gasteiger partial charge in [0.05, 0.1) is 0 Å². The monoisotopic (exact) mass is 240 g/mol. The summed E-state index contributed by atoms with van der Waals surface area (Å²) in [4.78, 5) is 14.6. The summed E-state index contributed by atoms with van der Waals surface area (Å²) in [5.74, 6) is 0.646. The standard InChI is InChI=1S/C14H28N2O/c1-3-6-12(7-4-2)14(17)16(11-5-10-15)13-8-9-13/h12-13H,3-11,15H2,1-2H3. The van der Waals surface area contributed by atoms with Gasteiger partial charge in [0.25, 0.3) is 0 Å². The van der Waals surface area contributed by atoms with Crippen molar-refractivity contribution in [3.8, 4) is 0 Å². The molecule has 0 unspecified atom stereocenters. The third kappa shape index (κ3) is 4.66. The molecule has 0 aromatic heterocycles. The average molecular weight is 240 g/mol. The number of nitrogens with two attached hydrogens (primary N) is 1. The van der Waals surface area contributed by atoms with Gasteiger partial charge in [-0.05, 0) is 38.6 Å². The van der Waals surface area contributed by atoms with E-state index in [1.807, 2.05) is 0 Å². The van der Waals surface area contributed by atoms with Gasteiger partial charge < -0.3 is 10.6 Å². The molecule has 1 aliphatic rings. The molecule has 3 nitrogen and oxygen atoms in total. The van der Waals surface area contributed by atoms with Crippen LogP contribution in [-0.4, -0.2) is 29.9 Å². The second kappa shape index (κ2) is 7.70. The van der Waals surface area contributed by atoms with Crippen molar-refractivity contribution in [3.63, 3.8) is 0 Å². The zero-order chi connectivity index (χ0) is 12.7. The van der Waals surface area contributed by atoms with Gasteiger partial charge >= 0.3 is 0 Å². The van der Waals surface area contributed by atoms with Gasteiger partial charge in [0.15, 0.2) is 0 Å². The lowest BCUT2D eigenvalue weighted by Gasteiger charge is -2.27. The normalized spacial score (nSPS) is 15.3. The van der Waals surface area contributed by atoms with Gasteiger partial charge in [-0.2, -0.15) is 0 Å². The SMILES string of the molecule is CCCC(CCC)C(=O)N(CCCN)C1CC1. The zero-order valence-electron chi connectivity index (χ0n) is 11.5. The molecule has 1 rings (SSSR count). The molecule has 0 atom stereocenters. The molecular weight excluding hydrogens is 212 g/mol. The summed E-state index contributed by atoms with van der Waals surface area (Å²) < 4.78 is 0. The highest BCUT2D eigenvalue weighted by molar-refractivity contribution is 5.79. The van der Waals surface area contributed by atoms with Crippen LogP contribution in [0.4, 0.5) is 0 Å². The van der Waals surface area contributed by atoms with Crippen molar-refractivity contribution in [3.05, 3.63) is 0 Å². The van der Waals surface area contributed by atoms with Crippen LogP contribution in [0.2, 0.25) is 0 Å². The largest absolute Gasteiger partial charge is 0.339 e. The predicted molar refractivity (Wildman–Crippen MR) is 71.7 cm³/mol. The molecule has 0 aromatic rings. The molecule has 2 N–H and O–H groups in total. The Balaban J connectivity index is 2.53. The number of hydrogen-bond donors (Lipinski definition) is 1. The highest BCUT2D eigenvalue weighted by Crippen LogP contribution is 2.30. The number of rotatable bonds is 9. The van der Waals surface area contributed by atoms with E-state index in [1.54, 1.807) is 0 Å². The minimum atomic E-state index is 0.253. The molecule has 0 bridgehead atoms. The van der Waals surface area contributed by atoms with E-state index in [-0.39, 0.29) is 5.92 Å². The molecule has 3 heteroatoms. The minimum absolute atomic E-state index is 0.253. The van der Waals surface area contributed by atoms with Crippen molar-refractivity contribution in [2.75, 3.05) is 13.1 Å². The Bertz CT molecular complexity index is 220. The first-order valence-electron chi connectivity index (χ1n) is 7.25. The lowest BCUT2D eigenvalue weighted by Crippen LogP contribution is -2.39. The van der Waals surface area contributed by atoms with Gasteiger partial charge in [-0.25, -0.2) is 0 Å². The van der Waals surface area contributed by atoms with Crippen LogP contribution >= 0.6 is 0 Å². The molecule has 17 heavy (non-hydrogen) atoms. The van der Waals surface area contributed by atoms with Gasteiger partial charge in [0.1, 0.15) is 0 Å². The molecule has 0 radical (unpaired) electrons. The Morgan fingerprint density at radius 3 is 2.29 bits per heavy atom. The minimum Gasteiger partial charge on any atom is -0.339 e. The molecule has 1 aliphatic carbocycles. The van der Waals surface area contributed by atoms with Crippen LogP contribution < -0.4 is 5.73 Å². The van der Waals surface area contributed by atoms with E-state index in [9.17, 15) is 4.79 Å². The van der Waals surface area contributed by atoms with Crippen LogP contribution in [0.3, 0.4) is 0 Å². The van der Waals surface area contributed by atoms with E-state index >= 15 is 0 Å². The Kier molecular flexibility index (Phi) is 6.56. The predicted octanol–water partition coefficient (Wildman–Crippen LogP) is 2.54. The van der Waals surface area contributed by atoms with Crippen molar-refractivity contribution in [1.82, 2.24) is 4.90 Å². The van der Waals surface area contributed by atoms with Crippen LogP contribution in [0.5, 0.6) is 0 Å². The molecule has 1 fully saturated rings. The van der Waals surface area contributed by atoms with Crippen LogP contribution in [0, 0.1) is 5.92 Å².